The number of carbonyl (C=O) groups excluding carboxylic acids is 1. The van der Waals surface area contributed by atoms with E-state index in [1.807, 2.05) is 31.2 Å². The highest BCUT2D eigenvalue weighted by Gasteiger charge is 2.43. The van der Waals surface area contributed by atoms with Crippen LogP contribution in [0.2, 0.25) is 0 Å². The minimum absolute atomic E-state index is 0.178. The molecule has 1 aliphatic rings. The van der Waals surface area contributed by atoms with E-state index in [1.54, 1.807) is 6.20 Å². The molecular formula is C21H25N3O8. The lowest BCUT2D eigenvalue weighted by Crippen LogP contribution is -2.51. The van der Waals surface area contributed by atoms with E-state index >= 15 is 0 Å². The summed E-state index contributed by atoms with van der Waals surface area (Å²) in [4.78, 5) is 23.9. The van der Waals surface area contributed by atoms with Crippen LogP contribution >= 0.6 is 0 Å². The number of rotatable bonds is 9. The highest BCUT2D eigenvalue weighted by molar-refractivity contribution is 5.84. The molecule has 11 nitrogen and oxygen atoms in total. The van der Waals surface area contributed by atoms with Crippen molar-refractivity contribution in [3.8, 4) is 11.3 Å². The van der Waals surface area contributed by atoms with Gasteiger partial charge in [-0.05, 0) is 13.0 Å². The van der Waals surface area contributed by atoms with Crippen molar-refractivity contribution in [2.75, 3.05) is 6.61 Å². The predicted molar refractivity (Wildman–Crippen MR) is 109 cm³/mol. The summed E-state index contributed by atoms with van der Waals surface area (Å²) < 4.78 is 6.57. The molecule has 1 aromatic heterocycles. The third-order valence-electron chi connectivity index (χ3n) is 5.26. The van der Waals surface area contributed by atoms with Gasteiger partial charge in [0.2, 0.25) is 5.76 Å². The van der Waals surface area contributed by atoms with Gasteiger partial charge >= 0.3 is 5.97 Å². The number of carboxylic acids is 1. The van der Waals surface area contributed by atoms with Gasteiger partial charge in [-0.15, -0.1) is 5.10 Å². The second-order valence-electron chi connectivity index (χ2n) is 7.72. The fourth-order valence-corrected chi connectivity index (χ4v) is 3.50. The molecule has 0 radical (unpaired) electrons. The summed E-state index contributed by atoms with van der Waals surface area (Å²) in [6.45, 7) is 0.967. The smallest absolute Gasteiger partial charge is 0.370 e. The summed E-state index contributed by atoms with van der Waals surface area (Å²) >= 11 is 0. The van der Waals surface area contributed by atoms with E-state index in [4.69, 9.17) is 14.9 Å². The maximum Gasteiger partial charge on any atom is 0.370 e. The average Bonchev–Trinajstić information content (AvgIpc) is 3.22. The van der Waals surface area contributed by atoms with Crippen LogP contribution in [0.15, 0.2) is 42.3 Å². The fraction of sp³-hybridized carbons (Fsp3) is 0.429. The first kappa shape index (κ1) is 23.5. The molecule has 172 valence electrons. The molecule has 0 fully saturated rings. The monoisotopic (exact) mass is 447 g/mol. The van der Waals surface area contributed by atoms with Crippen LogP contribution in [-0.4, -0.2) is 83.3 Å². The van der Waals surface area contributed by atoms with Gasteiger partial charge in [0.15, 0.2) is 5.78 Å². The quantitative estimate of drug-likeness (QED) is 0.329. The van der Waals surface area contributed by atoms with Gasteiger partial charge in [0.05, 0.1) is 18.9 Å². The number of aliphatic hydroxyl groups is 4. The molecule has 5 atom stereocenters. The number of hydrogen-bond acceptors (Lipinski definition) is 9. The molecule has 0 spiro atoms. The summed E-state index contributed by atoms with van der Waals surface area (Å²) in [5.74, 6) is -3.53. The minimum Gasteiger partial charge on any atom is -0.480 e. The number of Topliss-reactive ketones (excluding diaryl/α,β-unsaturated/α-hetero) is 1. The Morgan fingerprint density at radius 3 is 2.53 bits per heavy atom. The van der Waals surface area contributed by atoms with E-state index in [1.165, 1.54) is 4.68 Å². The third-order valence-corrected chi connectivity index (χ3v) is 5.26. The normalized spacial score (nSPS) is 22.5. The second kappa shape index (κ2) is 10.0. The highest BCUT2D eigenvalue weighted by Crippen LogP contribution is 2.30. The van der Waals surface area contributed by atoms with Gasteiger partial charge in [-0.2, -0.15) is 0 Å². The first-order chi connectivity index (χ1) is 15.2. The van der Waals surface area contributed by atoms with Crippen LogP contribution in [0.3, 0.4) is 0 Å². The number of nitrogens with zero attached hydrogens (tertiary/aromatic N) is 3. The molecule has 5 N–H and O–H groups in total. The van der Waals surface area contributed by atoms with Gasteiger partial charge in [0.1, 0.15) is 30.6 Å². The second-order valence-corrected chi connectivity index (χ2v) is 7.72. The Labute approximate surface area is 183 Å². The number of hydrogen-bond donors (Lipinski definition) is 5. The average molecular weight is 447 g/mol. The maximum atomic E-state index is 12.7. The molecule has 0 saturated carbocycles. The van der Waals surface area contributed by atoms with Crippen LogP contribution in [0.1, 0.15) is 12.0 Å². The molecule has 11 heteroatoms. The molecular weight excluding hydrogens is 422 g/mol. The van der Waals surface area contributed by atoms with Crippen molar-refractivity contribution < 1.29 is 39.9 Å². The Morgan fingerprint density at radius 2 is 1.91 bits per heavy atom. The number of aryl methyl sites for hydroxylation is 1. The molecule has 0 aliphatic carbocycles. The predicted octanol–water partition coefficient (Wildman–Crippen LogP) is -0.729. The maximum absolute atomic E-state index is 12.7. The van der Waals surface area contributed by atoms with Crippen LogP contribution in [0, 0.1) is 12.8 Å². The first-order valence-electron chi connectivity index (χ1n) is 9.95. The molecule has 3 rings (SSSR count). The Balaban J connectivity index is 1.73. The third kappa shape index (κ3) is 5.37. The molecule has 0 amide bonds. The van der Waals surface area contributed by atoms with Crippen molar-refractivity contribution in [2.24, 2.45) is 5.92 Å². The van der Waals surface area contributed by atoms with E-state index < -0.39 is 48.7 Å². The Morgan fingerprint density at radius 1 is 1.22 bits per heavy atom. The molecule has 32 heavy (non-hydrogen) atoms. The van der Waals surface area contributed by atoms with Crippen LogP contribution in [0.5, 0.6) is 0 Å². The van der Waals surface area contributed by atoms with E-state index in [0.717, 1.165) is 17.2 Å². The molecule has 3 unspecified atom stereocenters. The van der Waals surface area contributed by atoms with E-state index in [-0.39, 0.29) is 18.7 Å². The largest absolute Gasteiger partial charge is 0.480 e. The van der Waals surface area contributed by atoms with Gasteiger partial charge in [0.25, 0.3) is 0 Å². The van der Waals surface area contributed by atoms with E-state index in [2.05, 4.69) is 10.3 Å². The van der Waals surface area contributed by atoms with Crippen molar-refractivity contribution in [3.63, 3.8) is 0 Å². The first-order valence-corrected chi connectivity index (χ1v) is 9.95. The molecule has 1 aromatic carbocycles. The van der Waals surface area contributed by atoms with Gasteiger partial charge in [0, 0.05) is 17.9 Å². The van der Waals surface area contributed by atoms with Crippen molar-refractivity contribution in [2.45, 2.75) is 44.3 Å². The van der Waals surface area contributed by atoms with Crippen molar-refractivity contribution >= 4 is 11.8 Å². The zero-order valence-corrected chi connectivity index (χ0v) is 17.3. The van der Waals surface area contributed by atoms with Gasteiger partial charge in [-0.3, -0.25) is 4.79 Å². The van der Waals surface area contributed by atoms with Gasteiger partial charge in [-0.1, -0.05) is 35.0 Å². The molecule has 0 bridgehead atoms. The van der Waals surface area contributed by atoms with Crippen molar-refractivity contribution in [1.29, 1.82) is 0 Å². The summed E-state index contributed by atoms with van der Waals surface area (Å²) in [7, 11) is 0. The lowest BCUT2D eigenvalue weighted by Gasteiger charge is -2.37. The number of carbonyl (C=O) groups is 2. The lowest BCUT2D eigenvalue weighted by atomic mass is 9.84. The van der Waals surface area contributed by atoms with Crippen LogP contribution in [0.25, 0.3) is 11.3 Å². The summed E-state index contributed by atoms with van der Waals surface area (Å²) in [5, 5.41) is 56.7. The molecule has 2 heterocycles. The standard InChI is InChI=1S/C21H25N3O8/c1-11-2-4-12(5-3-11)15-9-24(23-22-15)8-13(26)6-14-16(27)7-18(21(30)31)32-20(14)19(29)17(28)10-25/h2-5,7,9,14,16-17,19-20,25,27-29H,6,8,10H2,1H3,(H,30,31)/t14-,16-,17?,19?,20?/m1/s1. The summed E-state index contributed by atoms with van der Waals surface area (Å²) in [6, 6.07) is 7.61. The van der Waals surface area contributed by atoms with Gasteiger partial charge < -0.3 is 30.3 Å². The highest BCUT2D eigenvalue weighted by atomic mass is 16.5. The number of aliphatic hydroxyl groups excluding tert-OH is 4. The van der Waals surface area contributed by atoms with E-state index in [0.29, 0.717) is 5.69 Å². The number of aromatic nitrogens is 3. The molecule has 0 saturated heterocycles. The minimum atomic E-state index is -1.73. The van der Waals surface area contributed by atoms with Crippen LogP contribution in [0.4, 0.5) is 0 Å². The van der Waals surface area contributed by atoms with Crippen molar-refractivity contribution in [1.82, 2.24) is 15.0 Å². The Kier molecular flexibility index (Phi) is 7.36. The molecule has 1 aliphatic heterocycles. The number of aliphatic carboxylic acids is 1. The molecule has 2 aromatic rings. The van der Waals surface area contributed by atoms with Crippen LogP contribution in [-0.2, 0) is 20.9 Å². The zero-order valence-electron chi connectivity index (χ0n) is 17.3. The van der Waals surface area contributed by atoms with Crippen LogP contribution < -0.4 is 0 Å². The summed E-state index contributed by atoms with van der Waals surface area (Å²) in [5.41, 5.74) is 2.50. The number of carboxylic acid groups (broad SMARTS) is 1. The number of ketones is 1. The Hall–Kier alpha value is -3.12. The topological polar surface area (TPSA) is 175 Å². The number of benzene rings is 1. The fourth-order valence-electron chi connectivity index (χ4n) is 3.50. The van der Waals surface area contributed by atoms with E-state index in [9.17, 15) is 24.9 Å². The zero-order chi connectivity index (χ0) is 23.4. The SMILES string of the molecule is Cc1ccc(-c2cn(CC(=O)C[C@H]3C(C(O)C(O)CO)OC(C(=O)O)=C[C@H]3O)nn2)cc1. The summed E-state index contributed by atoms with van der Waals surface area (Å²) in [6.07, 6.45) is -4.00. The Bertz CT molecular complexity index is 987. The van der Waals surface area contributed by atoms with Gasteiger partial charge in [-0.25, -0.2) is 9.48 Å². The van der Waals surface area contributed by atoms with Crippen molar-refractivity contribution in [3.05, 3.63) is 47.9 Å². The lowest BCUT2D eigenvalue weighted by molar-refractivity contribution is -0.154. The number of ether oxygens (including phenoxy) is 1.